The van der Waals surface area contributed by atoms with Crippen molar-refractivity contribution in [3.05, 3.63) is 75.2 Å². The Kier molecular flexibility index (Phi) is 6.60. The van der Waals surface area contributed by atoms with E-state index in [4.69, 9.17) is 17.3 Å². The van der Waals surface area contributed by atoms with E-state index in [0.717, 1.165) is 46.9 Å². The number of likely N-dealkylation sites (tertiary alicyclic amines) is 1. The van der Waals surface area contributed by atoms with Crippen molar-refractivity contribution < 1.29 is 0 Å². The van der Waals surface area contributed by atoms with Gasteiger partial charge >= 0.3 is 0 Å². The molecule has 2 aromatic carbocycles. The second-order valence-corrected chi connectivity index (χ2v) is 8.92. The average molecular weight is 472 g/mol. The number of aromatic nitrogens is 3. The van der Waals surface area contributed by atoms with Crippen LogP contribution in [-0.4, -0.2) is 44.3 Å². The maximum Gasteiger partial charge on any atom is 0.203 e. The van der Waals surface area contributed by atoms with Crippen molar-refractivity contribution in [2.75, 3.05) is 20.1 Å². The van der Waals surface area contributed by atoms with Gasteiger partial charge in [-0.05, 0) is 75.0 Å². The SMILES string of the molecule is CN(Cc1ccc(Br)cc1)Cn1nc(CN2CCCC2)n(-c2ccccc2)c1=S. The van der Waals surface area contributed by atoms with Gasteiger partial charge in [0, 0.05) is 16.7 Å². The highest BCUT2D eigenvalue weighted by Gasteiger charge is 2.19. The average Bonchev–Trinajstić information content (AvgIpc) is 3.33. The monoisotopic (exact) mass is 471 g/mol. The lowest BCUT2D eigenvalue weighted by molar-refractivity contribution is 0.242. The summed E-state index contributed by atoms with van der Waals surface area (Å²) in [4.78, 5) is 4.70. The van der Waals surface area contributed by atoms with Crippen molar-refractivity contribution in [1.29, 1.82) is 0 Å². The van der Waals surface area contributed by atoms with Crippen molar-refractivity contribution in [2.45, 2.75) is 32.6 Å². The van der Waals surface area contributed by atoms with Gasteiger partial charge < -0.3 is 0 Å². The summed E-state index contributed by atoms with van der Waals surface area (Å²) < 4.78 is 5.92. The van der Waals surface area contributed by atoms with Crippen LogP contribution in [0.5, 0.6) is 0 Å². The maximum absolute atomic E-state index is 5.85. The number of halogens is 1. The van der Waals surface area contributed by atoms with E-state index in [0.29, 0.717) is 6.67 Å². The minimum Gasteiger partial charge on any atom is -0.296 e. The Balaban J connectivity index is 1.58. The summed E-state index contributed by atoms with van der Waals surface area (Å²) in [5.74, 6) is 1.01. The number of nitrogens with zero attached hydrogens (tertiary/aromatic N) is 5. The normalized spacial score (nSPS) is 14.7. The Labute approximate surface area is 185 Å². The lowest BCUT2D eigenvalue weighted by atomic mass is 10.2. The summed E-state index contributed by atoms with van der Waals surface area (Å²) in [5.41, 5.74) is 2.34. The molecule has 1 saturated heterocycles. The molecule has 2 heterocycles. The third kappa shape index (κ3) is 5.04. The molecule has 0 aliphatic carbocycles. The van der Waals surface area contributed by atoms with Crippen LogP contribution in [0.2, 0.25) is 0 Å². The third-order valence-corrected chi connectivity index (χ3v) is 6.15. The minimum atomic E-state index is 0.654. The van der Waals surface area contributed by atoms with Crippen LogP contribution in [-0.2, 0) is 19.8 Å². The number of para-hydroxylation sites is 1. The van der Waals surface area contributed by atoms with Crippen LogP contribution in [0.1, 0.15) is 24.2 Å². The van der Waals surface area contributed by atoms with Gasteiger partial charge in [-0.25, -0.2) is 4.68 Å². The fraction of sp³-hybridized carbons (Fsp3) is 0.364. The Morgan fingerprint density at radius 2 is 1.72 bits per heavy atom. The molecule has 29 heavy (non-hydrogen) atoms. The molecule has 1 aromatic heterocycles. The molecule has 1 aliphatic rings. The molecule has 0 spiro atoms. The first-order valence-electron chi connectivity index (χ1n) is 9.99. The zero-order valence-electron chi connectivity index (χ0n) is 16.7. The van der Waals surface area contributed by atoms with E-state index in [2.05, 4.69) is 73.7 Å². The Morgan fingerprint density at radius 3 is 2.41 bits per heavy atom. The molecule has 0 N–H and O–H groups in total. The van der Waals surface area contributed by atoms with Crippen LogP contribution >= 0.6 is 28.1 Å². The Bertz CT molecular complexity index is 990. The maximum atomic E-state index is 5.85. The molecule has 7 heteroatoms. The molecule has 0 radical (unpaired) electrons. The summed E-state index contributed by atoms with van der Waals surface area (Å²) >= 11 is 9.34. The van der Waals surface area contributed by atoms with Crippen molar-refractivity contribution in [3.8, 4) is 5.69 Å². The second kappa shape index (κ2) is 9.34. The van der Waals surface area contributed by atoms with Gasteiger partial charge in [0.25, 0.3) is 0 Å². The van der Waals surface area contributed by atoms with E-state index in [1.54, 1.807) is 0 Å². The van der Waals surface area contributed by atoms with Crippen molar-refractivity contribution >= 4 is 28.1 Å². The summed E-state index contributed by atoms with van der Waals surface area (Å²) in [5, 5.41) is 4.93. The standard InChI is InChI=1S/C22H26BrN5S/c1-25(15-18-9-11-19(23)12-10-18)17-27-22(29)28(20-7-3-2-4-8-20)21(24-27)16-26-13-5-6-14-26/h2-4,7-12H,5-6,13-17H2,1H3. The highest BCUT2D eigenvalue weighted by atomic mass is 79.9. The van der Waals surface area contributed by atoms with Crippen LogP contribution in [0.25, 0.3) is 5.69 Å². The van der Waals surface area contributed by atoms with E-state index in [-0.39, 0.29) is 0 Å². The topological polar surface area (TPSA) is 29.2 Å². The molecule has 0 atom stereocenters. The number of hydrogen-bond donors (Lipinski definition) is 0. The van der Waals surface area contributed by atoms with Gasteiger partial charge in [0.1, 0.15) is 0 Å². The summed E-state index contributed by atoms with van der Waals surface area (Å²) in [7, 11) is 2.10. The fourth-order valence-electron chi connectivity index (χ4n) is 3.80. The molecule has 0 bridgehead atoms. The van der Waals surface area contributed by atoms with E-state index in [1.807, 2.05) is 22.9 Å². The fourth-order valence-corrected chi connectivity index (χ4v) is 4.38. The lowest BCUT2D eigenvalue weighted by Gasteiger charge is -2.16. The van der Waals surface area contributed by atoms with Crippen LogP contribution in [0.4, 0.5) is 0 Å². The molecule has 1 fully saturated rings. The molecule has 0 saturated carbocycles. The summed E-state index contributed by atoms with van der Waals surface area (Å²) in [6, 6.07) is 18.8. The Hall–Kier alpha value is -1.80. The smallest absolute Gasteiger partial charge is 0.203 e. The Morgan fingerprint density at radius 1 is 1.03 bits per heavy atom. The minimum absolute atomic E-state index is 0.654. The zero-order chi connectivity index (χ0) is 20.2. The highest BCUT2D eigenvalue weighted by molar-refractivity contribution is 9.10. The van der Waals surface area contributed by atoms with Gasteiger partial charge in [0.15, 0.2) is 5.82 Å². The molecule has 5 nitrogen and oxygen atoms in total. The lowest BCUT2D eigenvalue weighted by Crippen LogP contribution is -2.23. The largest absolute Gasteiger partial charge is 0.296 e. The molecule has 3 aromatic rings. The van der Waals surface area contributed by atoms with E-state index >= 15 is 0 Å². The summed E-state index contributed by atoms with van der Waals surface area (Å²) in [6.45, 7) is 4.61. The quantitative estimate of drug-likeness (QED) is 0.460. The van der Waals surface area contributed by atoms with Crippen LogP contribution in [0.15, 0.2) is 59.1 Å². The zero-order valence-corrected chi connectivity index (χ0v) is 19.1. The van der Waals surface area contributed by atoms with Crippen molar-refractivity contribution in [3.63, 3.8) is 0 Å². The van der Waals surface area contributed by atoms with Gasteiger partial charge in [0.05, 0.1) is 13.2 Å². The number of benzene rings is 2. The van der Waals surface area contributed by atoms with Crippen LogP contribution in [0, 0.1) is 4.77 Å². The van der Waals surface area contributed by atoms with Gasteiger partial charge in [-0.3, -0.25) is 14.4 Å². The van der Waals surface area contributed by atoms with Crippen LogP contribution < -0.4 is 0 Å². The van der Waals surface area contributed by atoms with E-state index < -0.39 is 0 Å². The summed E-state index contributed by atoms with van der Waals surface area (Å²) in [6.07, 6.45) is 2.53. The van der Waals surface area contributed by atoms with Gasteiger partial charge in [-0.1, -0.05) is 46.3 Å². The molecular weight excluding hydrogens is 446 g/mol. The van der Waals surface area contributed by atoms with Gasteiger partial charge in [0.2, 0.25) is 4.77 Å². The van der Waals surface area contributed by atoms with Crippen molar-refractivity contribution in [2.24, 2.45) is 0 Å². The molecule has 1 aliphatic heterocycles. The third-order valence-electron chi connectivity index (χ3n) is 5.23. The van der Waals surface area contributed by atoms with Crippen LogP contribution in [0.3, 0.4) is 0 Å². The molecule has 0 unspecified atom stereocenters. The number of hydrogen-bond acceptors (Lipinski definition) is 4. The molecule has 0 amide bonds. The first-order chi connectivity index (χ1) is 14.1. The first kappa shape index (κ1) is 20.5. The first-order valence-corrected chi connectivity index (χ1v) is 11.2. The van der Waals surface area contributed by atoms with E-state index in [1.165, 1.54) is 18.4 Å². The predicted octanol–water partition coefficient (Wildman–Crippen LogP) is 4.85. The predicted molar refractivity (Wildman–Crippen MR) is 123 cm³/mol. The van der Waals surface area contributed by atoms with Gasteiger partial charge in [-0.15, -0.1) is 0 Å². The van der Waals surface area contributed by atoms with Crippen molar-refractivity contribution in [1.82, 2.24) is 24.1 Å². The molecule has 4 rings (SSSR count). The van der Waals surface area contributed by atoms with Gasteiger partial charge in [-0.2, -0.15) is 5.10 Å². The van der Waals surface area contributed by atoms with E-state index in [9.17, 15) is 0 Å². The highest BCUT2D eigenvalue weighted by Crippen LogP contribution is 2.18. The number of rotatable bonds is 7. The molecule has 152 valence electrons. The second-order valence-electron chi connectivity index (χ2n) is 7.63. The molecular formula is C22H26BrN5S.